The minimum atomic E-state index is -0.386. The first-order valence-electron chi connectivity index (χ1n) is 6.91. The van der Waals surface area contributed by atoms with E-state index in [1.807, 2.05) is 6.92 Å². The molecule has 110 valence electrons. The molecular formula is C14H20N2O3S. The van der Waals surface area contributed by atoms with Crippen molar-refractivity contribution in [2.24, 2.45) is 0 Å². The lowest BCUT2D eigenvalue weighted by atomic mass is 10.3. The molecule has 0 unspecified atom stereocenters. The van der Waals surface area contributed by atoms with Gasteiger partial charge in [-0.1, -0.05) is 0 Å². The molecule has 1 aromatic rings. The molecular weight excluding hydrogens is 276 g/mol. The second kappa shape index (κ2) is 6.85. The van der Waals surface area contributed by atoms with Crippen LogP contribution in [0.5, 0.6) is 0 Å². The Labute approximate surface area is 122 Å². The van der Waals surface area contributed by atoms with Crippen molar-refractivity contribution in [3.05, 3.63) is 16.5 Å². The first-order chi connectivity index (χ1) is 9.60. The van der Waals surface area contributed by atoms with E-state index in [0.29, 0.717) is 36.2 Å². The van der Waals surface area contributed by atoms with Gasteiger partial charge in [0.15, 0.2) is 0 Å². The fourth-order valence-electron chi connectivity index (χ4n) is 1.83. The molecule has 6 heteroatoms. The molecule has 0 atom stereocenters. The number of aryl methyl sites for hydroxylation is 1. The van der Waals surface area contributed by atoms with Gasteiger partial charge in [0.2, 0.25) is 5.91 Å². The van der Waals surface area contributed by atoms with Crippen LogP contribution in [0.25, 0.3) is 0 Å². The number of carbonyl (C=O) groups is 2. The molecule has 0 aliphatic heterocycles. The maximum atomic E-state index is 11.9. The molecule has 0 radical (unpaired) electrons. The Morgan fingerprint density at radius 3 is 2.85 bits per heavy atom. The molecule has 1 aromatic heterocycles. The van der Waals surface area contributed by atoms with Crippen LogP contribution in [0.3, 0.4) is 0 Å². The quantitative estimate of drug-likeness (QED) is 0.758. The molecule has 1 amide bonds. The van der Waals surface area contributed by atoms with Crippen LogP contribution < -0.4 is 10.6 Å². The Morgan fingerprint density at radius 2 is 2.20 bits per heavy atom. The monoisotopic (exact) mass is 296 g/mol. The van der Waals surface area contributed by atoms with E-state index in [9.17, 15) is 9.59 Å². The van der Waals surface area contributed by atoms with E-state index >= 15 is 0 Å². The SMILES string of the molecule is CCOC(=O)c1cc(C)sc1NC(=O)CCNC1CC1. The number of amides is 1. The number of anilines is 1. The van der Waals surface area contributed by atoms with Crippen LogP contribution in [0.15, 0.2) is 6.07 Å². The standard InChI is InChI=1S/C14H20N2O3S/c1-3-19-14(18)11-8-9(2)20-13(11)16-12(17)6-7-15-10-4-5-10/h8,10,15H,3-7H2,1-2H3,(H,16,17). The lowest BCUT2D eigenvalue weighted by Crippen LogP contribution is -2.23. The molecule has 1 heterocycles. The van der Waals surface area contributed by atoms with Crippen molar-refractivity contribution in [3.8, 4) is 0 Å². The zero-order chi connectivity index (χ0) is 14.5. The number of hydrogen-bond donors (Lipinski definition) is 2. The average Bonchev–Trinajstić information content (AvgIpc) is 3.13. The minimum absolute atomic E-state index is 0.0782. The summed E-state index contributed by atoms with van der Waals surface area (Å²) in [6.07, 6.45) is 2.83. The van der Waals surface area contributed by atoms with Crippen LogP contribution in [0, 0.1) is 6.92 Å². The predicted octanol–water partition coefficient (Wildman–Crippen LogP) is 2.31. The van der Waals surface area contributed by atoms with Gasteiger partial charge in [0.25, 0.3) is 0 Å². The Morgan fingerprint density at radius 1 is 1.45 bits per heavy atom. The zero-order valence-electron chi connectivity index (χ0n) is 11.8. The predicted molar refractivity (Wildman–Crippen MR) is 79.3 cm³/mol. The minimum Gasteiger partial charge on any atom is -0.462 e. The van der Waals surface area contributed by atoms with Gasteiger partial charge in [-0.3, -0.25) is 4.79 Å². The molecule has 2 rings (SSSR count). The third-order valence-corrected chi connectivity index (χ3v) is 3.93. The maximum Gasteiger partial charge on any atom is 0.341 e. The number of rotatable bonds is 7. The third-order valence-electron chi connectivity index (χ3n) is 2.97. The van der Waals surface area contributed by atoms with Gasteiger partial charge in [0, 0.05) is 23.9 Å². The van der Waals surface area contributed by atoms with Gasteiger partial charge in [-0.05, 0) is 32.8 Å². The zero-order valence-corrected chi connectivity index (χ0v) is 12.6. The Kier molecular flexibility index (Phi) is 5.14. The summed E-state index contributed by atoms with van der Waals surface area (Å²) in [5.41, 5.74) is 0.442. The number of nitrogens with one attached hydrogen (secondary N) is 2. The first-order valence-corrected chi connectivity index (χ1v) is 7.72. The Balaban J connectivity index is 1.89. The largest absolute Gasteiger partial charge is 0.462 e. The van der Waals surface area contributed by atoms with Gasteiger partial charge in [0.05, 0.1) is 12.2 Å². The number of hydrogen-bond acceptors (Lipinski definition) is 5. The summed E-state index contributed by atoms with van der Waals surface area (Å²) in [4.78, 5) is 24.6. The van der Waals surface area contributed by atoms with E-state index in [4.69, 9.17) is 4.74 Å². The number of ether oxygens (including phenoxy) is 1. The molecule has 0 saturated heterocycles. The second-order valence-electron chi connectivity index (χ2n) is 4.85. The van der Waals surface area contributed by atoms with E-state index in [2.05, 4.69) is 10.6 Å². The van der Waals surface area contributed by atoms with Gasteiger partial charge < -0.3 is 15.4 Å². The first kappa shape index (κ1) is 15.0. The molecule has 1 fully saturated rings. The van der Waals surface area contributed by atoms with Gasteiger partial charge in [-0.15, -0.1) is 11.3 Å². The lowest BCUT2D eigenvalue weighted by molar-refractivity contribution is -0.116. The van der Waals surface area contributed by atoms with Crippen molar-refractivity contribution in [1.29, 1.82) is 0 Å². The Hall–Kier alpha value is -1.40. The van der Waals surface area contributed by atoms with Crippen molar-refractivity contribution < 1.29 is 14.3 Å². The van der Waals surface area contributed by atoms with Gasteiger partial charge in [-0.2, -0.15) is 0 Å². The summed E-state index contributed by atoms with van der Waals surface area (Å²) in [5.74, 6) is -0.464. The molecule has 20 heavy (non-hydrogen) atoms. The summed E-state index contributed by atoms with van der Waals surface area (Å²) < 4.78 is 4.99. The fourth-order valence-corrected chi connectivity index (χ4v) is 2.75. The number of carbonyl (C=O) groups excluding carboxylic acids is 2. The highest BCUT2D eigenvalue weighted by molar-refractivity contribution is 7.16. The van der Waals surface area contributed by atoms with E-state index < -0.39 is 0 Å². The van der Waals surface area contributed by atoms with Crippen LogP contribution >= 0.6 is 11.3 Å². The van der Waals surface area contributed by atoms with Gasteiger partial charge in [0.1, 0.15) is 5.00 Å². The van der Waals surface area contributed by atoms with Crippen molar-refractivity contribution >= 4 is 28.2 Å². The van der Waals surface area contributed by atoms with E-state index in [1.165, 1.54) is 24.2 Å². The molecule has 5 nitrogen and oxygen atoms in total. The van der Waals surface area contributed by atoms with Crippen LogP contribution in [0.1, 0.15) is 41.4 Å². The van der Waals surface area contributed by atoms with E-state index in [-0.39, 0.29) is 11.9 Å². The molecule has 2 N–H and O–H groups in total. The summed E-state index contributed by atoms with van der Waals surface area (Å²) in [7, 11) is 0. The van der Waals surface area contributed by atoms with Crippen molar-refractivity contribution in [2.45, 2.75) is 39.2 Å². The molecule has 0 spiro atoms. The maximum absolute atomic E-state index is 11.9. The van der Waals surface area contributed by atoms with Crippen molar-refractivity contribution in [1.82, 2.24) is 5.32 Å². The summed E-state index contributed by atoms with van der Waals surface area (Å²) in [6.45, 7) is 4.67. The van der Waals surface area contributed by atoms with Crippen LogP contribution in [-0.4, -0.2) is 31.1 Å². The third kappa shape index (κ3) is 4.31. The van der Waals surface area contributed by atoms with Gasteiger partial charge in [-0.25, -0.2) is 4.79 Å². The fraction of sp³-hybridized carbons (Fsp3) is 0.571. The summed E-state index contributed by atoms with van der Waals surface area (Å²) >= 11 is 1.40. The van der Waals surface area contributed by atoms with E-state index in [0.717, 1.165) is 4.88 Å². The normalized spacial score (nSPS) is 14.1. The number of thiophene rings is 1. The van der Waals surface area contributed by atoms with E-state index in [1.54, 1.807) is 13.0 Å². The highest BCUT2D eigenvalue weighted by atomic mass is 32.1. The summed E-state index contributed by atoms with van der Waals surface area (Å²) in [5, 5.41) is 6.67. The second-order valence-corrected chi connectivity index (χ2v) is 6.10. The van der Waals surface area contributed by atoms with Crippen LogP contribution in [0.2, 0.25) is 0 Å². The Bertz CT molecular complexity index is 495. The highest BCUT2D eigenvalue weighted by Gasteiger charge is 2.21. The lowest BCUT2D eigenvalue weighted by Gasteiger charge is -2.06. The highest BCUT2D eigenvalue weighted by Crippen LogP contribution is 2.28. The summed E-state index contributed by atoms with van der Waals surface area (Å²) in [6, 6.07) is 2.35. The van der Waals surface area contributed by atoms with Crippen molar-refractivity contribution in [2.75, 3.05) is 18.5 Å². The molecule has 1 saturated carbocycles. The van der Waals surface area contributed by atoms with Gasteiger partial charge >= 0.3 is 5.97 Å². The average molecular weight is 296 g/mol. The molecule has 1 aliphatic carbocycles. The molecule has 1 aliphatic rings. The van der Waals surface area contributed by atoms with Crippen LogP contribution in [-0.2, 0) is 9.53 Å². The smallest absolute Gasteiger partial charge is 0.341 e. The molecule has 0 bridgehead atoms. The number of esters is 1. The van der Waals surface area contributed by atoms with Crippen molar-refractivity contribution in [3.63, 3.8) is 0 Å². The molecule has 0 aromatic carbocycles. The topological polar surface area (TPSA) is 67.4 Å². The van der Waals surface area contributed by atoms with Crippen LogP contribution in [0.4, 0.5) is 5.00 Å².